The minimum absolute atomic E-state index is 0.121. The van der Waals surface area contributed by atoms with E-state index in [1.165, 1.54) is 0 Å². The maximum absolute atomic E-state index is 15.9. The summed E-state index contributed by atoms with van der Waals surface area (Å²) in [5.74, 6) is -0.596. The lowest BCUT2D eigenvalue weighted by molar-refractivity contribution is -0.157. The van der Waals surface area contributed by atoms with Crippen LogP contribution >= 0.6 is 15.6 Å². The van der Waals surface area contributed by atoms with Crippen LogP contribution in [0.25, 0.3) is 22.3 Å². The molecule has 0 spiro atoms. The Bertz CT molecular complexity index is 2240. The summed E-state index contributed by atoms with van der Waals surface area (Å²) in [6, 6.07) is 0. The second-order valence-corrected chi connectivity index (χ2v) is 15.7. The second-order valence-electron chi connectivity index (χ2n) is 12.9. The quantitative estimate of drug-likeness (QED) is 0.191. The van der Waals surface area contributed by atoms with E-state index in [4.69, 9.17) is 32.3 Å². The summed E-state index contributed by atoms with van der Waals surface area (Å²) in [5.41, 5.74) is -3.06. The van der Waals surface area contributed by atoms with E-state index in [0.29, 0.717) is 0 Å². The number of carbonyl (C=O) groups excluding carboxylic acids is 1. The van der Waals surface area contributed by atoms with Crippen LogP contribution in [0.3, 0.4) is 0 Å². The molecule has 3 aliphatic heterocycles. The van der Waals surface area contributed by atoms with Gasteiger partial charge in [0.1, 0.15) is 30.7 Å². The van der Waals surface area contributed by atoms with Gasteiger partial charge in [0.05, 0.1) is 37.6 Å². The van der Waals surface area contributed by atoms with E-state index >= 15 is 8.78 Å². The lowest BCUT2D eigenvalue weighted by Gasteiger charge is -2.25. The van der Waals surface area contributed by atoms with E-state index in [0.717, 1.165) is 39.0 Å². The molecule has 10 atom stereocenters. The Labute approximate surface area is 288 Å². The minimum Gasteiger partial charge on any atom is -0.443 e. The molecule has 4 aromatic heterocycles. The first kappa shape index (κ1) is 36.5. The number of fused-ring (bicyclic) bond motifs is 5. The molecule has 0 aromatic carbocycles. The number of carbonyl (C=O) groups is 1. The van der Waals surface area contributed by atoms with Crippen molar-refractivity contribution in [1.29, 1.82) is 0 Å². The van der Waals surface area contributed by atoms with Crippen LogP contribution in [-0.2, 0) is 53.0 Å². The molecule has 0 aliphatic carbocycles. The Morgan fingerprint density at radius 3 is 2.17 bits per heavy atom. The van der Waals surface area contributed by atoms with E-state index in [9.17, 15) is 33.3 Å². The largest absolute Gasteiger partial charge is 0.472 e. The molecule has 0 radical (unpaired) electrons. The van der Waals surface area contributed by atoms with Crippen LogP contribution in [0.5, 0.6) is 0 Å². The van der Waals surface area contributed by atoms with E-state index in [2.05, 4.69) is 24.9 Å². The van der Waals surface area contributed by atoms with E-state index in [1.54, 1.807) is 20.8 Å². The normalized spacial score (nSPS) is 34.4. The fourth-order valence-electron chi connectivity index (χ4n) is 5.67. The highest BCUT2D eigenvalue weighted by Gasteiger charge is 2.55. The molecule has 2 unspecified atom stereocenters. The summed E-state index contributed by atoms with van der Waals surface area (Å²) < 4.78 is 98.0. The van der Waals surface area contributed by atoms with Gasteiger partial charge in [0.2, 0.25) is 0 Å². The van der Waals surface area contributed by atoms with Gasteiger partial charge in [-0.15, -0.1) is 0 Å². The maximum atomic E-state index is 15.9. The van der Waals surface area contributed by atoms with Gasteiger partial charge in [-0.2, -0.15) is 0 Å². The molecular formula is C26H30F2N8O14P2. The van der Waals surface area contributed by atoms with Gasteiger partial charge in [0, 0.05) is 0 Å². The lowest BCUT2D eigenvalue weighted by atomic mass is 9.98. The fourth-order valence-corrected chi connectivity index (χ4v) is 7.55. The van der Waals surface area contributed by atoms with Crippen molar-refractivity contribution in [1.82, 2.24) is 38.6 Å². The first-order valence-electron chi connectivity index (χ1n) is 15.3. The van der Waals surface area contributed by atoms with Gasteiger partial charge in [0.15, 0.2) is 53.9 Å². The molecular weight excluding hydrogens is 748 g/mol. The van der Waals surface area contributed by atoms with Crippen LogP contribution < -0.4 is 11.1 Å². The van der Waals surface area contributed by atoms with Crippen molar-refractivity contribution in [3.63, 3.8) is 0 Å². The Kier molecular flexibility index (Phi) is 9.29. The number of hydrogen-bond acceptors (Lipinski definition) is 16. The number of esters is 1. The fraction of sp³-hybridized carbons (Fsp3) is 0.577. The number of phosphoric acid groups is 2. The maximum Gasteiger partial charge on any atom is 0.472 e. The zero-order valence-corrected chi connectivity index (χ0v) is 28.9. The average molecular weight is 779 g/mol. The summed E-state index contributed by atoms with van der Waals surface area (Å²) in [5, 5.41) is 0. The third-order valence-corrected chi connectivity index (χ3v) is 10.2. The smallest absolute Gasteiger partial charge is 0.443 e. The molecule has 3 aliphatic rings. The topological polar surface area (TPSA) is 273 Å². The molecule has 0 amide bonds. The zero-order valence-electron chi connectivity index (χ0n) is 27.1. The standard InChI is InChI=1S/C26H30F2N8O14P2/c1-26(2,3)25(39)44-10-34-7-33-20-16(22(34)38)32-9-36(20)24-18-13(27)11(47-24)4-45-51(40,41)49-17-12(5-46-52(42,43)50-18)48-23(14(17)28)35-8-31-15-19(35)29-6-30-21(15)37/h6-9,11-14,17-18,23-24H,4-5,10H2,1-3H3,(H,40,41)(H,42,43)(H,29,30,37)/t11-,12-,13+,14-,17-,18-,23-,24-/m1/s1. The number of alkyl halides is 2. The third kappa shape index (κ3) is 6.75. The summed E-state index contributed by atoms with van der Waals surface area (Å²) in [6.45, 7) is 2.33. The van der Waals surface area contributed by atoms with Gasteiger partial charge < -0.3 is 29.0 Å². The number of H-pyrrole nitrogens is 1. The highest BCUT2D eigenvalue weighted by atomic mass is 31.2. The van der Waals surface area contributed by atoms with Gasteiger partial charge in [0.25, 0.3) is 11.1 Å². The van der Waals surface area contributed by atoms with Crippen molar-refractivity contribution in [2.75, 3.05) is 13.2 Å². The number of ether oxygens (including phenoxy) is 3. The predicted octanol–water partition coefficient (Wildman–Crippen LogP) is 0.762. The molecule has 282 valence electrons. The highest BCUT2D eigenvalue weighted by Crippen LogP contribution is 2.54. The monoisotopic (exact) mass is 778 g/mol. The van der Waals surface area contributed by atoms with Crippen LogP contribution in [0.2, 0.25) is 0 Å². The molecule has 3 fully saturated rings. The third-order valence-electron chi connectivity index (χ3n) is 8.26. The molecule has 22 nitrogen and oxygen atoms in total. The van der Waals surface area contributed by atoms with Gasteiger partial charge in [-0.05, 0) is 20.8 Å². The summed E-state index contributed by atoms with van der Waals surface area (Å²) in [4.78, 5) is 77.0. The minimum atomic E-state index is -5.31. The number of phosphoric ester groups is 2. The summed E-state index contributed by atoms with van der Waals surface area (Å²) >= 11 is 0. The highest BCUT2D eigenvalue weighted by molar-refractivity contribution is 7.47. The molecule has 52 heavy (non-hydrogen) atoms. The van der Waals surface area contributed by atoms with Gasteiger partial charge >= 0.3 is 21.6 Å². The van der Waals surface area contributed by atoms with Crippen molar-refractivity contribution < 1.29 is 64.8 Å². The number of nitrogens with one attached hydrogen (secondary N) is 1. The Hall–Kier alpha value is -3.83. The SMILES string of the molecule is CC(C)(C)C(=O)OCn1cnc2c(ncn2[C@@H]2O[C@@H]3COP(=O)(O)O[C@H]4[C@@H](F)[C@H](n5cnc6c(=O)[nH]cnc65)O[C@@H]4COP(=O)(O)O[C@@H]2[C@H]3F)c1=O. The number of nitrogens with zero attached hydrogens (tertiary/aromatic N) is 7. The molecule has 4 aromatic rings. The van der Waals surface area contributed by atoms with Crippen LogP contribution in [0.1, 0.15) is 33.2 Å². The summed E-state index contributed by atoms with van der Waals surface area (Å²) in [7, 11) is -10.6. The Balaban J connectivity index is 1.16. The van der Waals surface area contributed by atoms with E-state index < -0.39 is 107 Å². The molecule has 7 heterocycles. The number of rotatable bonds is 4. The van der Waals surface area contributed by atoms with Crippen LogP contribution in [0.15, 0.2) is 34.9 Å². The molecule has 3 saturated heterocycles. The first-order valence-corrected chi connectivity index (χ1v) is 18.3. The second kappa shape index (κ2) is 13.2. The first-order chi connectivity index (χ1) is 24.4. The van der Waals surface area contributed by atoms with Gasteiger partial charge in [-0.25, -0.2) is 37.8 Å². The van der Waals surface area contributed by atoms with Gasteiger partial charge in [-0.1, -0.05) is 0 Å². The number of hydrogen-bond donors (Lipinski definition) is 3. The molecule has 3 N–H and O–H groups in total. The van der Waals surface area contributed by atoms with E-state index in [-0.39, 0.29) is 22.3 Å². The van der Waals surface area contributed by atoms with Crippen LogP contribution in [-0.4, -0.2) is 104 Å². The Morgan fingerprint density at radius 2 is 1.48 bits per heavy atom. The van der Waals surface area contributed by atoms with Crippen molar-refractivity contribution in [2.45, 2.75) is 76.7 Å². The van der Waals surface area contributed by atoms with Crippen LogP contribution in [0.4, 0.5) is 8.78 Å². The summed E-state index contributed by atoms with van der Waals surface area (Å²) in [6.07, 6.45) is -11.4. The number of aromatic amines is 1. The average Bonchev–Trinajstić information content (AvgIpc) is 3.83. The van der Waals surface area contributed by atoms with Gasteiger partial charge in [-0.3, -0.25) is 46.2 Å². The number of halogens is 2. The van der Waals surface area contributed by atoms with Crippen LogP contribution in [0, 0.1) is 5.41 Å². The predicted molar refractivity (Wildman–Crippen MR) is 164 cm³/mol. The zero-order chi connectivity index (χ0) is 37.3. The van der Waals surface area contributed by atoms with Crippen molar-refractivity contribution in [3.8, 4) is 0 Å². The van der Waals surface area contributed by atoms with Crippen molar-refractivity contribution >= 4 is 43.9 Å². The molecule has 0 saturated carbocycles. The van der Waals surface area contributed by atoms with Crippen molar-refractivity contribution in [3.05, 3.63) is 46.0 Å². The number of imidazole rings is 2. The Morgan fingerprint density at radius 1 is 0.885 bits per heavy atom. The van der Waals surface area contributed by atoms with E-state index in [1.807, 2.05) is 0 Å². The molecule has 2 bridgehead atoms. The number of aromatic nitrogens is 8. The lowest BCUT2D eigenvalue weighted by Crippen LogP contribution is -2.34. The molecule has 7 rings (SSSR count). The van der Waals surface area contributed by atoms with Crippen molar-refractivity contribution in [2.24, 2.45) is 5.41 Å². The molecule has 26 heteroatoms.